The fraction of sp³-hybridized carbons (Fsp3) is 0.143. The minimum absolute atomic E-state index is 1.16. The van der Waals surface area contributed by atoms with Crippen molar-refractivity contribution in [3.63, 3.8) is 0 Å². The molecule has 0 aliphatic carbocycles. The van der Waals surface area contributed by atoms with Gasteiger partial charge in [-0.25, -0.2) is 0 Å². The van der Waals surface area contributed by atoms with E-state index in [9.17, 15) is 0 Å². The van der Waals surface area contributed by atoms with E-state index < -0.39 is 17.9 Å². The van der Waals surface area contributed by atoms with Crippen LogP contribution in [0.5, 0.6) is 0 Å². The number of benzene rings is 2. The van der Waals surface area contributed by atoms with Gasteiger partial charge in [0.05, 0.1) is 0 Å². The molecular formula is C14H14BiCl2. The van der Waals surface area contributed by atoms with Crippen LogP contribution in [0.25, 0.3) is 0 Å². The average molecular weight is 462 g/mol. The second kappa shape index (κ2) is 5.26. The second-order valence-corrected chi connectivity index (χ2v) is 22.2. The van der Waals surface area contributed by atoms with Crippen molar-refractivity contribution in [2.45, 2.75) is 13.8 Å². The maximum absolute atomic E-state index is 6.78. The van der Waals surface area contributed by atoms with E-state index in [0.717, 1.165) is 6.54 Å². The molecule has 0 nitrogen and oxygen atoms in total. The van der Waals surface area contributed by atoms with Crippen LogP contribution >= 0.6 is 17.0 Å². The first kappa shape index (κ1) is 13.3. The molecule has 0 N–H and O–H groups in total. The molecule has 0 aliphatic rings. The van der Waals surface area contributed by atoms with Crippen molar-refractivity contribution in [2.75, 3.05) is 0 Å². The molecule has 89 valence electrons. The summed E-state index contributed by atoms with van der Waals surface area (Å²) < 4.78 is 2.32. The summed E-state index contributed by atoms with van der Waals surface area (Å²) in [5, 5.41) is 0. The normalized spacial score (nSPS) is 11.5. The Morgan fingerprint density at radius 2 is 1.06 bits per heavy atom. The van der Waals surface area contributed by atoms with E-state index >= 15 is 0 Å². The van der Waals surface area contributed by atoms with Crippen molar-refractivity contribution < 1.29 is 0 Å². The van der Waals surface area contributed by atoms with Crippen molar-refractivity contribution in [1.29, 1.82) is 0 Å². The van der Waals surface area contributed by atoms with E-state index in [0.29, 0.717) is 0 Å². The first-order valence-corrected chi connectivity index (χ1v) is 17.5. The van der Waals surface area contributed by atoms with E-state index in [2.05, 4.69) is 38.1 Å². The molecular weight excluding hydrogens is 448 g/mol. The first-order chi connectivity index (χ1) is 8.03. The van der Waals surface area contributed by atoms with E-state index in [-0.39, 0.29) is 0 Å². The zero-order valence-electron chi connectivity index (χ0n) is 9.82. The van der Waals surface area contributed by atoms with Crippen LogP contribution in [0.3, 0.4) is 0 Å². The molecule has 2 aromatic carbocycles. The van der Waals surface area contributed by atoms with E-state index in [1.54, 1.807) is 0 Å². The summed E-state index contributed by atoms with van der Waals surface area (Å²) in [5.41, 5.74) is 2.39. The molecule has 0 aromatic heterocycles. The summed E-state index contributed by atoms with van der Waals surface area (Å²) in [6, 6.07) is 16.4. The molecule has 1 radical (unpaired) electrons. The van der Waals surface area contributed by atoms with Crippen molar-refractivity contribution in [1.82, 2.24) is 0 Å². The Labute approximate surface area is 114 Å². The summed E-state index contributed by atoms with van der Waals surface area (Å²) >= 11 is -3.49. The number of hydrogen-bond donors (Lipinski definition) is 0. The molecule has 17 heavy (non-hydrogen) atoms. The van der Waals surface area contributed by atoms with Crippen LogP contribution in [0.15, 0.2) is 48.5 Å². The fourth-order valence-corrected chi connectivity index (χ4v) is 15.7. The van der Waals surface area contributed by atoms with Gasteiger partial charge in [-0.1, -0.05) is 0 Å². The Hall–Kier alpha value is -0.0969. The van der Waals surface area contributed by atoms with Gasteiger partial charge in [0.1, 0.15) is 0 Å². The monoisotopic (exact) mass is 461 g/mol. The van der Waals surface area contributed by atoms with Crippen LogP contribution in [-0.2, 0) is 0 Å². The third kappa shape index (κ3) is 2.67. The number of rotatable bonds is 2. The summed E-state index contributed by atoms with van der Waals surface area (Å²) in [5.74, 6) is 0. The first-order valence-electron chi connectivity index (χ1n) is 5.44. The molecule has 0 atom stereocenters. The van der Waals surface area contributed by atoms with E-state index in [4.69, 9.17) is 17.0 Å². The fourth-order valence-electron chi connectivity index (χ4n) is 1.89. The Bertz CT molecular complexity index is 488. The van der Waals surface area contributed by atoms with Gasteiger partial charge < -0.3 is 0 Å². The third-order valence-corrected chi connectivity index (χ3v) is 17.8. The molecule has 0 saturated carbocycles. The predicted octanol–water partition coefficient (Wildman–Crippen LogP) is 3.34. The van der Waals surface area contributed by atoms with Crippen molar-refractivity contribution in [2.24, 2.45) is 0 Å². The van der Waals surface area contributed by atoms with Crippen LogP contribution in [0, 0.1) is 13.8 Å². The van der Waals surface area contributed by atoms with Gasteiger partial charge in [0, 0.05) is 0 Å². The van der Waals surface area contributed by atoms with Gasteiger partial charge in [-0.2, -0.15) is 0 Å². The Morgan fingerprint density at radius 1 is 0.706 bits per heavy atom. The van der Waals surface area contributed by atoms with E-state index in [1.165, 1.54) is 11.1 Å². The molecule has 0 amide bonds. The number of hydrogen-bond acceptors (Lipinski definition) is 0. The molecule has 0 fully saturated rings. The van der Waals surface area contributed by atoms with Crippen LogP contribution in [0.4, 0.5) is 0 Å². The molecule has 2 rings (SSSR count). The number of halogens is 2. The van der Waals surface area contributed by atoms with Crippen LogP contribution in [0.1, 0.15) is 11.1 Å². The van der Waals surface area contributed by atoms with Gasteiger partial charge in [0.2, 0.25) is 0 Å². The molecule has 3 heteroatoms. The summed E-state index contributed by atoms with van der Waals surface area (Å²) in [6.07, 6.45) is 0. The molecule has 0 saturated heterocycles. The molecule has 0 aliphatic heterocycles. The third-order valence-electron chi connectivity index (χ3n) is 2.84. The molecule has 0 unspecified atom stereocenters. The van der Waals surface area contributed by atoms with Crippen molar-refractivity contribution in [3.05, 3.63) is 59.7 Å². The van der Waals surface area contributed by atoms with Crippen LogP contribution in [-0.4, -0.2) is 17.9 Å². The molecule has 0 heterocycles. The molecule has 0 spiro atoms. The average Bonchev–Trinajstić information content (AvgIpc) is 2.29. The topological polar surface area (TPSA) is 0 Å². The SMILES string of the molecule is Cc1cccc[c]1[Bi]([Cl])([Cl])[c]1ccccc1C. The van der Waals surface area contributed by atoms with Gasteiger partial charge in [0.25, 0.3) is 0 Å². The van der Waals surface area contributed by atoms with Crippen molar-refractivity contribution >= 4 is 41.4 Å². The Morgan fingerprint density at radius 3 is 1.41 bits per heavy atom. The van der Waals surface area contributed by atoms with Gasteiger partial charge >= 0.3 is 115 Å². The zero-order chi connectivity index (χ0) is 12.5. The summed E-state index contributed by atoms with van der Waals surface area (Å²) in [7, 11) is 13.6. The van der Waals surface area contributed by atoms with Gasteiger partial charge in [-0.3, -0.25) is 0 Å². The van der Waals surface area contributed by atoms with E-state index in [1.807, 2.05) is 24.3 Å². The number of aryl methyl sites for hydroxylation is 2. The molecule has 2 aromatic rings. The minimum atomic E-state index is -3.49. The Balaban J connectivity index is 2.58. The van der Waals surface area contributed by atoms with Crippen LogP contribution < -0.4 is 6.54 Å². The predicted molar refractivity (Wildman–Crippen MR) is 79.1 cm³/mol. The summed E-state index contributed by atoms with van der Waals surface area (Å²) in [4.78, 5) is 0. The zero-order valence-corrected chi connectivity index (χ0v) is 14.8. The Kier molecular flexibility index (Phi) is 4.13. The summed E-state index contributed by atoms with van der Waals surface area (Å²) in [6.45, 7) is 4.15. The second-order valence-electron chi connectivity index (χ2n) is 4.09. The van der Waals surface area contributed by atoms with Gasteiger partial charge in [-0.05, 0) is 0 Å². The quantitative estimate of drug-likeness (QED) is 0.602. The standard InChI is InChI=1S/2C7H7.Bi.2ClH/c2*1-7-5-3-2-4-6-7;;;/h2*2-5H,1H3;;2*1H/q;;+2;;/p-2. The van der Waals surface area contributed by atoms with Gasteiger partial charge in [0.15, 0.2) is 0 Å². The van der Waals surface area contributed by atoms with Crippen LogP contribution in [0.2, 0.25) is 0 Å². The van der Waals surface area contributed by atoms with Crippen molar-refractivity contribution in [3.8, 4) is 0 Å². The van der Waals surface area contributed by atoms with Gasteiger partial charge in [-0.15, -0.1) is 0 Å². The maximum atomic E-state index is 6.78. The molecule has 0 bridgehead atoms.